The maximum atomic E-state index is 6.03. The predicted octanol–water partition coefficient (Wildman–Crippen LogP) is 4.94. The first kappa shape index (κ1) is 12.9. The van der Waals surface area contributed by atoms with Crippen molar-refractivity contribution in [1.29, 1.82) is 0 Å². The van der Waals surface area contributed by atoms with Gasteiger partial charge in [0.05, 0.1) is 20.2 Å². The van der Waals surface area contributed by atoms with Gasteiger partial charge in [-0.1, -0.05) is 40.9 Å². The normalized spacial score (nSPS) is 10.4. The van der Waals surface area contributed by atoms with Gasteiger partial charge in [0.1, 0.15) is 17.3 Å². The monoisotopic (exact) mass is 351 g/mol. The van der Waals surface area contributed by atoms with Crippen LogP contribution in [0.2, 0.25) is 15.2 Å². The van der Waals surface area contributed by atoms with Gasteiger partial charge in [-0.25, -0.2) is 9.97 Å². The van der Waals surface area contributed by atoms with E-state index < -0.39 is 0 Å². The van der Waals surface area contributed by atoms with Gasteiger partial charge in [-0.15, -0.1) is 0 Å². The summed E-state index contributed by atoms with van der Waals surface area (Å²) in [5.41, 5.74) is 0.575. The Morgan fingerprint density at radius 1 is 1.06 bits per heavy atom. The maximum absolute atomic E-state index is 6.03. The van der Waals surface area contributed by atoms with Crippen LogP contribution in [0.3, 0.4) is 0 Å². The fourth-order valence-corrected chi connectivity index (χ4v) is 2.10. The summed E-state index contributed by atoms with van der Waals surface area (Å²) in [6.07, 6.45) is 1.35. The van der Waals surface area contributed by atoms with Crippen LogP contribution in [0.5, 0.6) is 0 Å². The average molecular weight is 353 g/mol. The summed E-state index contributed by atoms with van der Waals surface area (Å²) in [7, 11) is 0. The van der Waals surface area contributed by atoms with Gasteiger partial charge in [0.25, 0.3) is 0 Å². The van der Waals surface area contributed by atoms with Crippen molar-refractivity contribution in [2.24, 2.45) is 0 Å². The zero-order chi connectivity index (χ0) is 12.4. The van der Waals surface area contributed by atoms with Crippen LogP contribution in [0.15, 0.2) is 29.0 Å². The molecule has 88 valence electrons. The summed E-state index contributed by atoms with van der Waals surface area (Å²) < 4.78 is 0.553. The number of anilines is 2. The lowest BCUT2D eigenvalue weighted by atomic mass is 10.3. The molecule has 0 radical (unpaired) electrons. The first-order chi connectivity index (χ1) is 8.09. The summed E-state index contributed by atoms with van der Waals surface area (Å²) >= 11 is 21.2. The Bertz CT molecular complexity index is 542. The minimum atomic E-state index is 0.311. The molecule has 0 saturated heterocycles. The topological polar surface area (TPSA) is 37.8 Å². The van der Waals surface area contributed by atoms with Crippen molar-refractivity contribution in [3.8, 4) is 0 Å². The number of nitrogens with zero attached hydrogens (tertiary/aromatic N) is 2. The molecule has 0 spiro atoms. The fourth-order valence-electron chi connectivity index (χ4n) is 1.17. The van der Waals surface area contributed by atoms with E-state index in [0.29, 0.717) is 31.2 Å². The lowest BCUT2D eigenvalue weighted by Gasteiger charge is -2.10. The Labute approximate surface area is 121 Å². The van der Waals surface area contributed by atoms with Crippen molar-refractivity contribution in [2.75, 3.05) is 5.32 Å². The number of nitrogens with one attached hydrogen (secondary N) is 1. The van der Waals surface area contributed by atoms with Crippen LogP contribution >= 0.6 is 50.7 Å². The second-order valence-electron chi connectivity index (χ2n) is 3.05. The Balaban J connectivity index is 2.42. The molecule has 1 N–H and O–H groups in total. The van der Waals surface area contributed by atoms with Crippen molar-refractivity contribution in [3.63, 3.8) is 0 Å². The minimum Gasteiger partial charge on any atom is -0.337 e. The third-order valence-electron chi connectivity index (χ3n) is 1.95. The highest BCUT2D eigenvalue weighted by Gasteiger charge is 2.11. The molecule has 0 unspecified atom stereocenters. The lowest BCUT2D eigenvalue weighted by molar-refractivity contribution is 1.15. The molecule has 0 fully saturated rings. The molecule has 2 rings (SSSR count). The van der Waals surface area contributed by atoms with Gasteiger partial charge in [-0.3, -0.25) is 0 Å². The van der Waals surface area contributed by atoms with Gasteiger partial charge in [0.2, 0.25) is 0 Å². The molecule has 1 heterocycles. The Kier molecular flexibility index (Phi) is 4.09. The van der Waals surface area contributed by atoms with Crippen LogP contribution in [0.4, 0.5) is 11.5 Å². The molecule has 0 aliphatic rings. The standard InChI is InChI=1S/C10H5BrCl3N3/c11-7-9(14)15-4-16-10(7)17-8-5(12)2-1-3-6(8)13/h1-4H,(H,15,16,17). The third-order valence-corrected chi connectivity index (χ3v) is 3.85. The molecule has 0 amide bonds. The van der Waals surface area contributed by atoms with Crippen molar-refractivity contribution >= 4 is 62.2 Å². The van der Waals surface area contributed by atoms with Crippen LogP contribution < -0.4 is 5.32 Å². The first-order valence-electron chi connectivity index (χ1n) is 4.46. The first-order valence-corrected chi connectivity index (χ1v) is 6.39. The van der Waals surface area contributed by atoms with E-state index in [0.717, 1.165) is 0 Å². The largest absolute Gasteiger partial charge is 0.337 e. The molecule has 0 bridgehead atoms. The molecule has 0 aliphatic carbocycles. The summed E-state index contributed by atoms with van der Waals surface area (Å²) in [6.45, 7) is 0. The van der Waals surface area contributed by atoms with E-state index in [-0.39, 0.29) is 0 Å². The van der Waals surface area contributed by atoms with Crippen LogP contribution in [0, 0.1) is 0 Å². The van der Waals surface area contributed by atoms with E-state index in [9.17, 15) is 0 Å². The Hall–Kier alpha value is -0.550. The molecule has 17 heavy (non-hydrogen) atoms. The highest BCUT2D eigenvalue weighted by atomic mass is 79.9. The summed E-state index contributed by atoms with van der Waals surface area (Å²) in [5, 5.41) is 4.31. The zero-order valence-electron chi connectivity index (χ0n) is 8.22. The highest BCUT2D eigenvalue weighted by molar-refractivity contribution is 9.10. The number of hydrogen-bond donors (Lipinski definition) is 1. The van der Waals surface area contributed by atoms with Gasteiger partial charge < -0.3 is 5.32 Å². The van der Waals surface area contributed by atoms with E-state index in [1.807, 2.05) is 0 Å². The SMILES string of the molecule is Clc1cccc(Cl)c1Nc1ncnc(Cl)c1Br. The van der Waals surface area contributed by atoms with E-state index in [2.05, 4.69) is 31.2 Å². The molecule has 0 aliphatic heterocycles. The molecule has 3 nitrogen and oxygen atoms in total. The molecule has 1 aromatic carbocycles. The smallest absolute Gasteiger partial charge is 0.149 e. The van der Waals surface area contributed by atoms with Crippen molar-refractivity contribution < 1.29 is 0 Å². The Morgan fingerprint density at radius 3 is 2.35 bits per heavy atom. The van der Waals surface area contributed by atoms with Gasteiger partial charge in [0, 0.05) is 0 Å². The van der Waals surface area contributed by atoms with Gasteiger partial charge in [-0.2, -0.15) is 0 Å². The van der Waals surface area contributed by atoms with Crippen molar-refractivity contribution in [1.82, 2.24) is 9.97 Å². The predicted molar refractivity (Wildman–Crippen MR) is 74.5 cm³/mol. The van der Waals surface area contributed by atoms with Crippen LogP contribution in [0.1, 0.15) is 0 Å². The second kappa shape index (κ2) is 5.40. The highest BCUT2D eigenvalue weighted by Crippen LogP contribution is 2.35. The number of aromatic nitrogens is 2. The molecule has 0 atom stereocenters. The molecule has 0 saturated carbocycles. The number of rotatable bonds is 2. The average Bonchev–Trinajstić information content (AvgIpc) is 2.29. The number of benzene rings is 1. The lowest BCUT2D eigenvalue weighted by Crippen LogP contribution is -1.97. The minimum absolute atomic E-state index is 0.311. The zero-order valence-corrected chi connectivity index (χ0v) is 12.1. The Morgan fingerprint density at radius 2 is 1.71 bits per heavy atom. The summed E-state index contributed by atoms with van der Waals surface area (Å²) in [4.78, 5) is 7.87. The molecule has 7 heteroatoms. The second-order valence-corrected chi connectivity index (χ2v) is 5.01. The van der Waals surface area contributed by atoms with Gasteiger partial charge in [-0.05, 0) is 28.1 Å². The number of halogens is 4. The summed E-state index contributed by atoms with van der Waals surface area (Å²) in [6, 6.07) is 5.22. The molecular formula is C10H5BrCl3N3. The van der Waals surface area contributed by atoms with E-state index in [1.165, 1.54) is 6.33 Å². The molecular weight excluding hydrogens is 348 g/mol. The van der Waals surface area contributed by atoms with Crippen LogP contribution in [-0.4, -0.2) is 9.97 Å². The molecule has 2 aromatic rings. The number of hydrogen-bond acceptors (Lipinski definition) is 3. The maximum Gasteiger partial charge on any atom is 0.149 e. The fraction of sp³-hybridized carbons (Fsp3) is 0. The number of para-hydroxylation sites is 1. The van der Waals surface area contributed by atoms with E-state index in [1.54, 1.807) is 18.2 Å². The van der Waals surface area contributed by atoms with Gasteiger partial charge in [0.15, 0.2) is 0 Å². The van der Waals surface area contributed by atoms with Crippen molar-refractivity contribution in [3.05, 3.63) is 44.2 Å². The summed E-state index contributed by atoms with van der Waals surface area (Å²) in [5.74, 6) is 0.500. The quantitative estimate of drug-likeness (QED) is 0.777. The van der Waals surface area contributed by atoms with E-state index >= 15 is 0 Å². The van der Waals surface area contributed by atoms with Crippen molar-refractivity contribution in [2.45, 2.75) is 0 Å². The van der Waals surface area contributed by atoms with Crippen LogP contribution in [-0.2, 0) is 0 Å². The van der Waals surface area contributed by atoms with Gasteiger partial charge >= 0.3 is 0 Å². The van der Waals surface area contributed by atoms with Crippen LogP contribution in [0.25, 0.3) is 0 Å². The molecule has 1 aromatic heterocycles. The third kappa shape index (κ3) is 2.83. The van der Waals surface area contributed by atoms with E-state index in [4.69, 9.17) is 34.8 Å².